The Labute approximate surface area is 403 Å². The Bertz CT molecular complexity index is 3060. The van der Waals surface area contributed by atoms with E-state index in [1.165, 1.54) is 30.6 Å². The molecule has 0 bridgehead atoms. The Balaban J connectivity index is 1.27. The van der Waals surface area contributed by atoms with Crippen molar-refractivity contribution in [3.05, 3.63) is 167 Å². The number of carbonyl (C=O) groups is 5. The van der Waals surface area contributed by atoms with E-state index in [9.17, 15) is 9.90 Å². The van der Waals surface area contributed by atoms with E-state index in [4.69, 9.17) is 14.5 Å². The first-order valence-corrected chi connectivity index (χ1v) is 23.9. The molecule has 348 valence electrons. The van der Waals surface area contributed by atoms with Crippen molar-refractivity contribution >= 4 is 62.2 Å². The monoisotopic (exact) mass is 939 g/mol. The number of hydrogen-bond acceptors (Lipinski definition) is 11. The summed E-state index contributed by atoms with van der Waals surface area (Å²) in [5, 5.41) is 16.8. The number of esters is 2. The molecule has 1 aromatic heterocycles. The van der Waals surface area contributed by atoms with E-state index in [-0.39, 0.29) is 22.1 Å². The molecular formula is C55H49N5O8S. The lowest BCUT2D eigenvalue weighted by molar-refractivity contribution is -0.177. The highest BCUT2D eigenvalue weighted by molar-refractivity contribution is 7.22. The quantitative estimate of drug-likeness (QED) is 0.0990. The lowest BCUT2D eigenvalue weighted by atomic mass is 9.65. The predicted molar refractivity (Wildman–Crippen MR) is 261 cm³/mol. The molecule has 10 rings (SSSR count). The van der Waals surface area contributed by atoms with E-state index < -0.39 is 77.3 Å². The molecule has 4 amide bonds. The Kier molecular flexibility index (Phi) is 12.1. The molecule has 2 saturated heterocycles. The number of anilines is 2. The van der Waals surface area contributed by atoms with Crippen LogP contribution in [0.3, 0.4) is 0 Å². The van der Waals surface area contributed by atoms with Gasteiger partial charge in [0.05, 0.1) is 41.0 Å². The number of hydrogen-bond donors (Lipinski definition) is 3. The number of cyclic esters (lactones) is 1. The minimum Gasteiger partial charge on any atom is -0.508 e. The van der Waals surface area contributed by atoms with E-state index in [0.717, 1.165) is 46.4 Å². The number of phenolic OH excluding ortho intramolecular Hbond substituents is 1. The van der Waals surface area contributed by atoms with Crippen molar-refractivity contribution in [2.75, 3.05) is 17.3 Å². The Morgan fingerprint density at radius 2 is 1.57 bits per heavy atom. The number of urea groups is 1. The van der Waals surface area contributed by atoms with Crippen LogP contribution in [0.5, 0.6) is 5.75 Å². The second kappa shape index (κ2) is 18.5. The van der Waals surface area contributed by atoms with Crippen LogP contribution in [-0.2, 0) is 34.1 Å². The zero-order valence-corrected chi connectivity index (χ0v) is 38.9. The number of rotatable bonds is 8. The van der Waals surface area contributed by atoms with Crippen LogP contribution in [0.1, 0.15) is 85.5 Å². The summed E-state index contributed by atoms with van der Waals surface area (Å²) in [6.07, 6.45) is 5.01. The number of amides is 4. The van der Waals surface area contributed by atoms with Crippen molar-refractivity contribution in [3.63, 3.8) is 0 Å². The van der Waals surface area contributed by atoms with E-state index in [2.05, 4.69) is 28.6 Å². The SMILES string of the molecule is COC(=O)C(NC(=O)N1C(=O)C2(c3cc(C#CC4=CCCCC4)ccc31)C(C(=O)Nc1nc3ccccc3s1)C1C(=O)OC(c3ccccc3)C(c3ccccc3)N1C2c1ccc(O)cc1)C(C)C. The van der Waals surface area contributed by atoms with Gasteiger partial charge in [0, 0.05) is 5.56 Å². The predicted octanol–water partition coefficient (Wildman–Crippen LogP) is 9.07. The minimum absolute atomic E-state index is 0.0523. The molecule has 4 heterocycles. The minimum atomic E-state index is -2.10. The highest BCUT2D eigenvalue weighted by Crippen LogP contribution is 2.66. The van der Waals surface area contributed by atoms with Gasteiger partial charge in [-0.2, -0.15) is 0 Å². The first-order chi connectivity index (χ1) is 33.5. The third-order valence-corrected chi connectivity index (χ3v) is 14.7. The number of nitrogens with zero attached hydrogens (tertiary/aromatic N) is 3. The smallest absolute Gasteiger partial charge is 0.329 e. The van der Waals surface area contributed by atoms with E-state index in [1.54, 1.807) is 44.2 Å². The lowest BCUT2D eigenvalue weighted by Gasteiger charge is -2.46. The van der Waals surface area contributed by atoms with E-state index in [0.29, 0.717) is 22.2 Å². The number of para-hydroxylation sites is 1. The van der Waals surface area contributed by atoms with Crippen LogP contribution >= 0.6 is 11.3 Å². The first kappa shape index (κ1) is 45.2. The number of methoxy groups -OCH3 is 1. The first-order valence-electron chi connectivity index (χ1n) is 23.1. The fourth-order valence-corrected chi connectivity index (χ4v) is 11.5. The number of nitrogens with one attached hydrogen (secondary N) is 2. The van der Waals surface area contributed by atoms with Crippen LogP contribution in [-0.4, -0.2) is 64.0 Å². The average Bonchev–Trinajstić information content (AvgIpc) is 4.01. The van der Waals surface area contributed by atoms with Gasteiger partial charge >= 0.3 is 18.0 Å². The van der Waals surface area contributed by atoms with Crippen LogP contribution < -0.4 is 15.5 Å². The molecular weight excluding hydrogens is 891 g/mol. The van der Waals surface area contributed by atoms with Gasteiger partial charge in [-0.3, -0.25) is 19.3 Å². The molecule has 3 aliphatic heterocycles. The summed E-state index contributed by atoms with van der Waals surface area (Å²) in [7, 11) is 1.22. The standard InChI is InChI=1S/C55H49N5O8S/c1-32(2)44(50(63)67-3)57-54(66)59-41-30-25-34(24-23-33-15-7-4-8-16-33)31-39(41)55(52(59)65)43(49(62)58-53-56-40-21-13-14-22-42(40)69-53)46-51(64)68-47(36-19-11-6-12-20-36)45(35-17-9-5-10-18-35)60(46)48(55)37-26-28-38(61)29-27-37/h5-6,9-15,17-22,25-32,43-48,61H,4,7-8,16H2,1-3H3,(H,57,66)(H,56,58,62). The summed E-state index contributed by atoms with van der Waals surface area (Å²) in [5.41, 5.74) is 2.31. The summed E-state index contributed by atoms with van der Waals surface area (Å²) in [6.45, 7) is 3.49. The third-order valence-electron chi connectivity index (χ3n) is 13.7. The number of fused-ring (bicyclic) bond motifs is 4. The molecule has 1 aliphatic carbocycles. The van der Waals surface area contributed by atoms with E-state index in [1.807, 2.05) is 89.8 Å². The number of aromatic nitrogens is 1. The molecule has 5 aromatic carbocycles. The normalized spacial score (nSPS) is 23.3. The summed E-state index contributed by atoms with van der Waals surface area (Å²) < 4.78 is 12.5. The third kappa shape index (κ3) is 7.91. The number of carbonyl (C=O) groups excluding carboxylic acids is 5. The zero-order chi connectivity index (χ0) is 48.0. The topological polar surface area (TPSA) is 167 Å². The van der Waals surface area contributed by atoms with Crippen molar-refractivity contribution in [1.29, 1.82) is 0 Å². The molecule has 6 aromatic rings. The zero-order valence-electron chi connectivity index (χ0n) is 38.1. The molecule has 13 nitrogen and oxygen atoms in total. The van der Waals surface area contributed by atoms with Crippen LogP contribution in [0.15, 0.2) is 139 Å². The van der Waals surface area contributed by atoms with Gasteiger partial charge in [-0.15, -0.1) is 0 Å². The average molecular weight is 940 g/mol. The maximum atomic E-state index is 16.6. The van der Waals surface area contributed by atoms with Crippen LogP contribution in [0, 0.1) is 23.7 Å². The van der Waals surface area contributed by atoms with Gasteiger partial charge in [-0.25, -0.2) is 19.5 Å². The number of ether oxygens (including phenoxy) is 2. The Morgan fingerprint density at radius 1 is 0.855 bits per heavy atom. The number of morpholine rings is 1. The number of phenols is 1. The molecule has 14 heteroatoms. The van der Waals surface area contributed by atoms with Crippen molar-refractivity contribution < 1.29 is 38.6 Å². The van der Waals surface area contributed by atoms with Gasteiger partial charge in [-0.1, -0.05) is 128 Å². The summed E-state index contributed by atoms with van der Waals surface area (Å²) in [4.78, 5) is 83.9. The van der Waals surface area contributed by atoms with Crippen LogP contribution in [0.25, 0.3) is 10.2 Å². The van der Waals surface area contributed by atoms with Crippen molar-refractivity contribution in [2.45, 2.75) is 75.2 Å². The number of thiazole rings is 1. The second-order valence-electron chi connectivity index (χ2n) is 18.1. The molecule has 3 N–H and O–H groups in total. The molecule has 0 radical (unpaired) electrons. The Morgan fingerprint density at radius 3 is 2.25 bits per heavy atom. The van der Waals surface area contributed by atoms with Gasteiger partial charge in [0.25, 0.3) is 0 Å². The van der Waals surface area contributed by atoms with Gasteiger partial charge < -0.3 is 25.2 Å². The van der Waals surface area contributed by atoms with Crippen LogP contribution in [0.4, 0.5) is 15.6 Å². The van der Waals surface area contributed by atoms with Crippen molar-refractivity contribution in [3.8, 4) is 17.6 Å². The fourth-order valence-electron chi connectivity index (χ4n) is 10.7. The number of imide groups is 1. The largest absolute Gasteiger partial charge is 0.508 e. The van der Waals surface area contributed by atoms with Gasteiger partial charge in [-0.05, 0) is 102 Å². The summed E-state index contributed by atoms with van der Waals surface area (Å²) in [6, 6.07) is 32.1. The van der Waals surface area contributed by atoms with Gasteiger partial charge in [0.15, 0.2) is 5.13 Å². The lowest BCUT2D eigenvalue weighted by Crippen LogP contribution is -2.57. The fraction of sp³-hybridized carbons (Fsp3) is 0.273. The number of aromatic hydroxyl groups is 1. The van der Waals surface area contributed by atoms with Crippen LogP contribution in [0.2, 0.25) is 0 Å². The number of benzene rings is 5. The molecule has 2 fully saturated rings. The van der Waals surface area contributed by atoms with E-state index >= 15 is 19.2 Å². The Hall–Kier alpha value is -7.60. The maximum absolute atomic E-state index is 16.6. The molecule has 1 spiro atoms. The molecule has 7 atom stereocenters. The second-order valence-corrected chi connectivity index (χ2v) is 19.2. The molecule has 0 saturated carbocycles. The van der Waals surface area contributed by atoms with Crippen molar-refractivity contribution in [1.82, 2.24) is 15.2 Å². The molecule has 69 heavy (non-hydrogen) atoms. The molecule has 4 aliphatic rings. The van der Waals surface area contributed by atoms with Crippen molar-refractivity contribution in [2.24, 2.45) is 11.8 Å². The highest BCUT2D eigenvalue weighted by Gasteiger charge is 2.75. The molecule has 7 unspecified atom stereocenters. The summed E-state index contributed by atoms with van der Waals surface area (Å²) in [5.74, 6) is 1.53. The van der Waals surface area contributed by atoms with Gasteiger partial charge in [0.2, 0.25) is 11.8 Å². The summed E-state index contributed by atoms with van der Waals surface area (Å²) >= 11 is 1.24. The highest BCUT2D eigenvalue weighted by atomic mass is 32.1. The van der Waals surface area contributed by atoms with Gasteiger partial charge in [0.1, 0.15) is 29.4 Å². The maximum Gasteiger partial charge on any atom is 0.329 e. The number of allylic oxidation sites excluding steroid dienone is 2.